The molecular formula is C19H22O3. The van der Waals surface area contributed by atoms with Crippen LogP contribution >= 0.6 is 0 Å². The molecule has 2 rings (SSSR count). The lowest BCUT2D eigenvalue weighted by molar-refractivity contribution is 0.0464. The van der Waals surface area contributed by atoms with Gasteiger partial charge >= 0.3 is 6.16 Å². The van der Waals surface area contributed by atoms with Gasteiger partial charge in [0, 0.05) is 0 Å². The Morgan fingerprint density at radius 2 is 1.77 bits per heavy atom. The molecule has 1 atom stereocenters. The number of carboxylic acid groups (broad SMARTS) is 1. The molecule has 0 saturated heterocycles. The smallest absolute Gasteiger partial charge is 0.450 e. The van der Waals surface area contributed by atoms with Gasteiger partial charge in [-0.25, -0.2) is 4.79 Å². The van der Waals surface area contributed by atoms with Gasteiger partial charge in [0.1, 0.15) is 6.10 Å². The highest BCUT2D eigenvalue weighted by atomic mass is 16.7. The average Bonchev–Trinajstić information content (AvgIpc) is 2.54. The Bertz CT molecular complexity index is 593. The molecule has 116 valence electrons. The molecule has 0 aromatic heterocycles. The van der Waals surface area contributed by atoms with Crippen molar-refractivity contribution in [3.63, 3.8) is 0 Å². The Morgan fingerprint density at radius 3 is 2.45 bits per heavy atom. The molecule has 0 aliphatic rings. The van der Waals surface area contributed by atoms with Gasteiger partial charge in [0.25, 0.3) is 0 Å². The number of aryl methyl sites for hydroxylation is 2. The van der Waals surface area contributed by atoms with E-state index in [1.807, 2.05) is 42.5 Å². The van der Waals surface area contributed by atoms with E-state index in [0.29, 0.717) is 6.42 Å². The number of carbonyl (C=O) groups is 1. The van der Waals surface area contributed by atoms with Crippen molar-refractivity contribution in [1.29, 1.82) is 0 Å². The van der Waals surface area contributed by atoms with Gasteiger partial charge in [-0.2, -0.15) is 0 Å². The van der Waals surface area contributed by atoms with Crippen molar-refractivity contribution in [3.8, 4) is 0 Å². The van der Waals surface area contributed by atoms with Gasteiger partial charge in [-0.3, -0.25) is 0 Å². The second kappa shape index (κ2) is 8.23. The van der Waals surface area contributed by atoms with Crippen LogP contribution in [0, 0.1) is 0 Å². The Hall–Kier alpha value is -2.29. The number of benzene rings is 2. The predicted molar refractivity (Wildman–Crippen MR) is 87.1 cm³/mol. The van der Waals surface area contributed by atoms with Crippen LogP contribution in [0.1, 0.15) is 42.6 Å². The zero-order valence-corrected chi connectivity index (χ0v) is 12.9. The second-order valence-electron chi connectivity index (χ2n) is 5.30. The predicted octanol–water partition coefficient (Wildman–Crippen LogP) is 5.01. The van der Waals surface area contributed by atoms with Crippen molar-refractivity contribution in [1.82, 2.24) is 0 Å². The fraction of sp³-hybridized carbons (Fsp3) is 0.316. The summed E-state index contributed by atoms with van der Waals surface area (Å²) in [6.07, 6.45) is 1.77. The van der Waals surface area contributed by atoms with Crippen LogP contribution < -0.4 is 0 Å². The summed E-state index contributed by atoms with van der Waals surface area (Å²) in [5.41, 5.74) is 3.40. The maximum Gasteiger partial charge on any atom is 0.506 e. The quantitative estimate of drug-likeness (QED) is 0.731. The number of hydrogen-bond acceptors (Lipinski definition) is 2. The van der Waals surface area contributed by atoms with E-state index in [9.17, 15) is 4.79 Å². The molecule has 0 radical (unpaired) electrons. The normalized spacial score (nSPS) is 11.9. The van der Waals surface area contributed by atoms with E-state index < -0.39 is 12.3 Å². The molecule has 0 amide bonds. The maximum absolute atomic E-state index is 11.0. The topological polar surface area (TPSA) is 46.5 Å². The monoisotopic (exact) mass is 298 g/mol. The lowest BCUT2D eigenvalue weighted by Crippen LogP contribution is -2.11. The van der Waals surface area contributed by atoms with Crippen LogP contribution in [0.25, 0.3) is 0 Å². The summed E-state index contributed by atoms with van der Waals surface area (Å²) in [6.45, 7) is 2.07. The van der Waals surface area contributed by atoms with E-state index >= 15 is 0 Å². The molecule has 0 heterocycles. The van der Waals surface area contributed by atoms with Crippen molar-refractivity contribution < 1.29 is 14.6 Å². The highest BCUT2D eigenvalue weighted by Gasteiger charge is 2.18. The molecule has 0 spiro atoms. The number of hydrogen-bond donors (Lipinski definition) is 1. The van der Waals surface area contributed by atoms with Crippen molar-refractivity contribution >= 4 is 6.16 Å². The Labute approximate surface area is 131 Å². The van der Waals surface area contributed by atoms with Crippen LogP contribution in [-0.4, -0.2) is 11.3 Å². The van der Waals surface area contributed by atoms with E-state index in [0.717, 1.165) is 30.4 Å². The van der Waals surface area contributed by atoms with Crippen LogP contribution in [0.3, 0.4) is 0 Å². The van der Waals surface area contributed by atoms with Gasteiger partial charge in [-0.1, -0.05) is 61.5 Å². The fourth-order valence-electron chi connectivity index (χ4n) is 2.71. The molecule has 1 N–H and O–H groups in total. The third kappa shape index (κ3) is 4.62. The van der Waals surface area contributed by atoms with Gasteiger partial charge in [0.2, 0.25) is 0 Å². The summed E-state index contributed by atoms with van der Waals surface area (Å²) >= 11 is 0. The van der Waals surface area contributed by atoms with E-state index in [2.05, 4.69) is 19.1 Å². The third-order valence-corrected chi connectivity index (χ3v) is 3.80. The molecule has 0 saturated carbocycles. The van der Waals surface area contributed by atoms with E-state index in [4.69, 9.17) is 9.84 Å². The van der Waals surface area contributed by atoms with E-state index in [1.54, 1.807) is 0 Å². The molecule has 0 bridgehead atoms. The number of rotatable bonds is 7. The Morgan fingerprint density at radius 1 is 1.09 bits per heavy atom. The first kappa shape index (κ1) is 16.1. The Kier molecular flexibility index (Phi) is 6.01. The molecule has 2 aromatic rings. The summed E-state index contributed by atoms with van der Waals surface area (Å²) in [5.74, 6) is 0. The summed E-state index contributed by atoms with van der Waals surface area (Å²) in [5, 5.41) is 9.00. The highest BCUT2D eigenvalue weighted by Crippen LogP contribution is 2.27. The van der Waals surface area contributed by atoms with Crippen molar-refractivity contribution in [2.75, 3.05) is 0 Å². The first-order chi connectivity index (χ1) is 10.7. The van der Waals surface area contributed by atoms with Gasteiger partial charge in [0.15, 0.2) is 0 Å². The standard InChI is InChI=1S/C19H22O3/c1-2-16-12-6-7-13-17(16)18(22-19(20)21)14-8-11-15-9-4-3-5-10-15/h3-7,9-10,12-13,18H,2,8,11,14H2,1H3,(H,20,21). The molecule has 1 unspecified atom stereocenters. The summed E-state index contributed by atoms with van der Waals surface area (Å²) < 4.78 is 5.13. The van der Waals surface area contributed by atoms with Crippen LogP contribution in [0.15, 0.2) is 54.6 Å². The first-order valence-corrected chi connectivity index (χ1v) is 7.72. The molecule has 0 fully saturated rings. The molecule has 0 aliphatic heterocycles. The van der Waals surface area contributed by atoms with Crippen molar-refractivity contribution in [3.05, 3.63) is 71.3 Å². The van der Waals surface area contributed by atoms with Gasteiger partial charge in [-0.05, 0) is 42.4 Å². The minimum atomic E-state index is -1.21. The molecule has 3 nitrogen and oxygen atoms in total. The highest BCUT2D eigenvalue weighted by molar-refractivity contribution is 5.57. The largest absolute Gasteiger partial charge is 0.506 e. The lowest BCUT2D eigenvalue weighted by atomic mass is 9.96. The molecular weight excluding hydrogens is 276 g/mol. The van der Waals surface area contributed by atoms with Crippen LogP contribution in [0.2, 0.25) is 0 Å². The van der Waals surface area contributed by atoms with Crippen molar-refractivity contribution in [2.24, 2.45) is 0 Å². The van der Waals surface area contributed by atoms with Crippen LogP contribution in [0.5, 0.6) is 0 Å². The zero-order valence-electron chi connectivity index (χ0n) is 12.9. The molecule has 2 aromatic carbocycles. The maximum atomic E-state index is 11.0. The van der Waals surface area contributed by atoms with Crippen LogP contribution in [0.4, 0.5) is 4.79 Å². The van der Waals surface area contributed by atoms with Crippen molar-refractivity contribution in [2.45, 2.75) is 38.7 Å². The first-order valence-electron chi connectivity index (χ1n) is 7.72. The third-order valence-electron chi connectivity index (χ3n) is 3.80. The summed E-state index contributed by atoms with van der Waals surface area (Å²) in [6, 6.07) is 18.1. The lowest BCUT2D eigenvalue weighted by Gasteiger charge is -2.19. The fourth-order valence-corrected chi connectivity index (χ4v) is 2.71. The zero-order chi connectivity index (χ0) is 15.8. The SMILES string of the molecule is CCc1ccccc1C(CCCc1ccccc1)OC(=O)O. The second-order valence-corrected chi connectivity index (χ2v) is 5.30. The van der Waals surface area contributed by atoms with E-state index in [-0.39, 0.29) is 0 Å². The molecule has 0 aliphatic carbocycles. The minimum absolute atomic E-state index is 0.391. The molecule has 22 heavy (non-hydrogen) atoms. The number of ether oxygens (including phenoxy) is 1. The van der Waals surface area contributed by atoms with Gasteiger partial charge < -0.3 is 9.84 Å². The summed E-state index contributed by atoms with van der Waals surface area (Å²) in [4.78, 5) is 11.0. The van der Waals surface area contributed by atoms with Gasteiger partial charge in [-0.15, -0.1) is 0 Å². The minimum Gasteiger partial charge on any atom is -0.450 e. The summed E-state index contributed by atoms with van der Waals surface area (Å²) in [7, 11) is 0. The average molecular weight is 298 g/mol. The van der Waals surface area contributed by atoms with E-state index in [1.165, 1.54) is 5.56 Å². The van der Waals surface area contributed by atoms with Crippen LogP contribution in [-0.2, 0) is 17.6 Å². The van der Waals surface area contributed by atoms with Gasteiger partial charge in [0.05, 0.1) is 0 Å². The molecule has 3 heteroatoms. The Balaban J connectivity index is 2.04.